The van der Waals surface area contributed by atoms with Crippen LogP contribution in [-0.2, 0) is 14.3 Å². The smallest absolute Gasteiger partial charge is 0.329 e. The van der Waals surface area contributed by atoms with Crippen molar-refractivity contribution in [3.63, 3.8) is 0 Å². The summed E-state index contributed by atoms with van der Waals surface area (Å²) in [6, 6.07) is 0. The topological polar surface area (TPSA) is 66.8 Å². The third-order valence-electron chi connectivity index (χ3n) is 3.70. The van der Waals surface area contributed by atoms with E-state index in [1.807, 2.05) is 6.92 Å². The van der Waals surface area contributed by atoms with Crippen LogP contribution < -0.4 is 0 Å². The Kier molecular flexibility index (Phi) is 4.51. The molecule has 1 rings (SSSR count). The maximum absolute atomic E-state index is 11.6. The number of hydrogen-bond donors (Lipinski definition) is 1. The van der Waals surface area contributed by atoms with Gasteiger partial charge in [-0.15, -0.1) is 0 Å². The number of nitrogens with zero attached hydrogens (tertiary/aromatic N) is 1. The first-order valence-corrected chi connectivity index (χ1v) is 6.02. The van der Waals surface area contributed by atoms with Crippen LogP contribution in [0.15, 0.2) is 0 Å². The van der Waals surface area contributed by atoms with Gasteiger partial charge in [0, 0.05) is 20.6 Å². The third-order valence-corrected chi connectivity index (χ3v) is 3.70. The molecule has 0 aromatic rings. The van der Waals surface area contributed by atoms with Crippen LogP contribution in [0, 0.1) is 0 Å². The Labute approximate surface area is 102 Å². The molecule has 1 aliphatic carbocycles. The number of rotatable bonds is 4. The normalized spacial score (nSPS) is 28.8. The molecule has 0 spiro atoms. The van der Waals surface area contributed by atoms with Gasteiger partial charge in [0.15, 0.2) is 0 Å². The SMILES string of the molecule is CCN(C(C)=O)C1(C(=O)O)CCC(OC)CC1. The summed E-state index contributed by atoms with van der Waals surface area (Å²) >= 11 is 0. The molecule has 1 fully saturated rings. The Morgan fingerprint density at radius 1 is 1.41 bits per heavy atom. The Morgan fingerprint density at radius 3 is 2.24 bits per heavy atom. The zero-order valence-electron chi connectivity index (χ0n) is 10.7. The van der Waals surface area contributed by atoms with Gasteiger partial charge in [-0.25, -0.2) is 4.79 Å². The molecular formula is C12H21NO4. The number of hydrogen-bond acceptors (Lipinski definition) is 3. The molecule has 0 aromatic heterocycles. The average Bonchev–Trinajstić information content (AvgIpc) is 2.30. The summed E-state index contributed by atoms with van der Waals surface area (Å²) in [6.45, 7) is 3.67. The van der Waals surface area contributed by atoms with Crippen molar-refractivity contribution in [2.24, 2.45) is 0 Å². The van der Waals surface area contributed by atoms with Crippen molar-refractivity contribution >= 4 is 11.9 Å². The van der Waals surface area contributed by atoms with Gasteiger partial charge in [0.1, 0.15) is 5.54 Å². The maximum atomic E-state index is 11.6. The lowest BCUT2D eigenvalue weighted by molar-refractivity contribution is -0.163. The minimum Gasteiger partial charge on any atom is -0.479 e. The highest BCUT2D eigenvalue weighted by Crippen LogP contribution is 2.35. The van der Waals surface area contributed by atoms with Crippen molar-refractivity contribution in [3.8, 4) is 0 Å². The second-order valence-corrected chi connectivity index (χ2v) is 4.54. The van der Waals surface area contributed by atoms with E-state index in [0.29, 0.717) is 32.2 Å². The van der Waals surface area contributed by atoms with E-state index in [4.69, 9.17) is 4.74 Å². The van der Waals surface area contributed by atoms with Crippen LogP contribution in [0.1, 0.15) is 39.5 Å². The van der Waals surface area contributed by atoms with Gasteiger partial charge in [0.25, 0.3) is 0 Å². The molecule has 1 aliphatic rings. The van der Waals surface area contributed by atoms with Gasteiger partial charge in [-0.1, -0.05) is 0 Å². The number of amides is 1. The zero-order chi connectivity index (χ0) is 13.1. The fourth-order valence-electron chi connectivity index (χ4n) is 2.73. The van der Waals surface area contributed by atoms with E-state index in [2.05, 4.69) is 0 Å². The van der Waals surface area contributed by atoms with E-state index < -0.39 is 11.5 Å². The predicted molar refractivity (Wildman–Crippen MR) is 62.7 cm³/mol. The van der Waals surface area contributed by atoms with E-state index in [1.165, 1.54) is 11.8 Å². The molecule has 0 heterocycles. The summed E-state index contributed by atoms with van der Waals surface area (Å²) in [5.74, 6) is -1.07. The molecule has 0 bridgehead atoms. The van der Waals surface area contributed by atoms with Gasteiger partial charge in [0.05, 0.1) is 6.10 Å². The lowest BCUT2D eigenvalue weighted by Crippen LogP contribution is -2.58. The number of carboxylic acids is 1. The summed E-state index contributed by atoms with van der Waals surface area (Å²) in [6.07, 6.45) is 2.43. The van der Waals surface area contributed by atoms with Crippen LogP contribution >= 0.6 is 0 Å². The molecule has 1 N–H and O–H groups in total. The molecule has 5 nitrogen and oxygen atoms in total. The monoisotopic (exact) mass is 243 g/mol. The molecule has 98 valence electrons. The summed E-state index contributed by atoms with van der Waals surface area (Å²) in [5, 5.41) is 9.46. The summed E-state index contributed by atoms with van der Waals surface area (Å²) in [5.41, 5.74) is -1.03. The number of carboxylic acid groups (broad SMARTS) is 1. The first kappa shape index (κ1) is 14.0. The minimum absolute atomic E-state index is 0.119. The molecule has 5 heteroatoms. The molecule has 0 aliphatic heterocycles. The number of carbonyl (C=O) groups excluding carboxylic acids is 1. The number of likely N-dealkylation sites (N-methyl/N-ethyl adjacent to an activating group) is 1. The van der Waals surface area contributed by atoms with Gasteiger partial charge in [0.2, 0.25) is 5.91 Å². The summed E-state index contributed by atoms with van der Waals surface area (Å²) in [7, 11) is 1.64. The van der Waals surface area contributed by atoms with Gasteiger partial charge in [-0.3, -0.25) is 4.79 Å². The highest BCUT2D eigenvalue weighted by atomic mass is 16.5. The van der Waals surface area contributed by atoms with Gasteiger partial charge >= 0.3 is 5.97 Å². The molecular weight excluding hydrogens is 222 g/mol. The van der Waals surface area contributed by atoms with Crippen molar-refractivity contribution < 1.29 is 19.4 Å². The quantitative estimate of drug-likeness (QED) is 0.807. The lowest BCUT2D eigenvalue weighted by Gasteiger charge is -2.43. The molecule has 0 saturated heterocycles. The second kappa shape index (κ2) is 5.49. The van der Waals surface area contributed by atoms with E-state index in [-0.39, 0.29) is 12.0 Å². The van der Waals surface area contributed by atoms with Crippen molar-refractivity contribution in [3.05, 3.63) is 0 Å². The summed E-state index contributed by atoms with van der Waals surface area (Å²) in [4.78, 5) is 24.6. The molecule has 0 unspecified atom stereocenters. The van der Waals surface area contributed by atoms with Crippen LogP contribution in [-0.4, -0.2) is 47.2 Å². The molecule has 0 aromatic carbocycles. The highest BCUT2D eigenvalue weighted by molar-refractivity contribution is 5.86. The van der Waals surface area contributed by atoms with Gasteiger partial charge in [-0.05, 0) is 32.6 Å². The van der Waals surface area contributed by atoms with E-state index in [9.17, 15) is 14.7 Å². The van der Waals surface area contributed by atoms with Gasteiger partial charge < -0.3 is 14.7 Å². The number of methoxy groups -OCH3 is 1. The van der Waals surface area contributed by atoms with Crippen LogP contribution in [0.3, 0.4) is 0 Å². The zero-order valence-corrected chi connectivity index (χ0v) is 10.7. The van der Waals surface area contributed by atoms with Gasteiger partial charge in [-0.2, -0.15) is 0 Å². The first-order chi connectivity index (χ1) is 7.97. The largest absolute Gasteiger partial charge is 0.479 e. The molecule has 1 saturated carbocycles. The fourth-order valence-corrected chi connectivity index (χ4v) is 2.73. The Bertz CT molecular complexity index is 295. The second-order valence-electron chi connectivity index (χ2n) is 4.54. The Morgan fingerprint density at radius 2 is 1.94 bits per heavy atom. The molecule has 17 heavy (non-hydrogen) atoms. The average molecular weight is 243 g/mol. The molecule has 0 radical (unpaired) electrons. The standard InChI is InChI=1S/C12H21NO4/c1-4-13(9(2)14)12(11(15)16)7-5-10(17-3)6-8-12/h10H,4-8H2,1-3H3,(H,15,16). The highest BCUT2D eigenvalue weighted by Gasteiger charge is 2.47. The van der Waals surface area contributed by atoms with Crippen LogP contribution in [0.5, 0.6) is 0 Å². The fraction of sp³-hybridized carbons (Fsp3) is 0.833. The summed E-state index contributed by atoms with van der Waals surface area (Å²) < 4.78 is 5.24. The molecule has 1 amide bonds. The van der Waals surface area contributed by atoms with Crippen molar-refractivity contribution in [2.75, 3.05) is 13.7 Å². The minimum atomic E-state index is -1.03. The van der Waals surface area contributed by atoms with Crippen LogP contribution in [0.25, 0.3) is 0 Å². The lowest BCUT2D eigenvalue weighted by atomic mass is 9.78. The Balaban J connectivity index is 2.92. The van der Waals surface area contributed by atoms with Crippen molar-refractivity contribution in [2.45, 2.75) is 51.2 Å². The molecule has 0 atom stereocenters. The van der Waals surface area contributed by atoms with E-state index in [1.54, 1.807) is 7.11 Å². The maximum Gasteiger partial charge on any atom is 0.329 e. The van der Waals surface area contributed by atoms with Crippen LogP contribution in [0.2, 0.25) is 0 Å². The Hall–Kier alpha value is -1.10. The first-order valence-electron chi connectivity index (χ1n) is 6.02. The van der Waals surface area contributed by atoms with Crippen molar-refractivity contribution in [1.82, 2.24) is 4.90 Å². The van der Waals surface area contributed by atoms with E-state index >= 15 is 0 Å². The third kappa shape index (κ3) is 2.60. The van der Waals surface area contributed by atoms with E-state index in [0.717, 1.165) is 0 Å². The van der Waals surface area contributed by atoms with Crippen LogP contribution in [0.4, 0.5) is 0 Å². The number of aliphatic carboxylic acids is 1. The number of carbonyl (C=O) groups is 2. The van der Waals surface area contributed by atoms with Crippen molar-refractivity contribution in [1.29, 1.82) is 0 Å². The predicted octanol–water partition coefficient (Wildman–Crippen LogP) is 1.27. The number of ether oxygens (including phenoxy) is 1.